The van der Waals surface area contributed by atoms with Crippen molar-refractivity contribution in [3.8, 4) is 0 Å². The van der Waals surface area contributed by atoms with Crippen molar-refractivity contribution in [3.05, 3.63) is 29.8 Å². The number of ether oxygens (including phenoxy) is 1. The van der Waals surface area contributed by atoms with Crippen LogP contribution in [-0.2, 0) is 9.53 Å². The minimum atomic E-state index is -0.581. The number of esters is 1. The molecule has 0 heterocycles. The molecular weight excluding hydrogens is 232 g/mol. The zero-order valence-electron chi connectivity index (χ0n) is 10.8. The standard InChI is InChI=1S/C13H18N2O3/c1-13(2,3)18-12(17)9-6-4-5-7-10(9)15-11(16)8-14/h4-7H,8,14H2,1-3H3,(H,15,16). The van der Waals surface area contributed by atoms with E-state index in [0.29, 0.717) is 11.3 Å². The average Bonchev–Trinajstić information content (AvgIpc) is 2.27. The molecule has 0 fully saturated rings. The van der Waals surface area contributed by atoms with E-state index in [9.17, 15) is 9.59 Å². The van der Waals surface area contributed by atoms with Gasteiger partial charge >= 0.3 is 5.97 Å². The third kappa shape index (κ3) is 4.18. The summed E-state index contributed by atoms with van der Waals surface area (Å²) in [6, 6.07) is 6.66. The van der Waals surface area contributed by atoms with Crippen molar-refractivity contribution in [1.82, 2.24) is 0 Å². The van der Waals surface area contributed by atoms with E-state index in [4.69, 9.17) is 10.5 Å². The van der Waals surface area contributed by atoms with Gasteiger partial charge in [-0.25, -0.2) is 4.79 Å². The van der Waals surface area contributed by atoms with Crippen LogP contribution in [0.15, 0.2) is 24.3 Å². The normalized spacial score (nSPS) is 10.9. The van der Waals surface area contributed by atoms with E-state index in [1.54, 1.807) is 45.0 Å². The van der Waals surface area contributed by atoms with Crippen molar-refractivity contribution in [1.29, 1.82) is 0 Å². The van der Waals surface area contributed by atoms with Crippen LogP contribution in [0.4, 0.5) is 5.69 Å². The van der Waals surface area contributed by atoms with Gasteiger partial charge in [-0.15, -0.1) is 0 Å². The second-order valence-corrected chi connectivity index (χ2v) is 4.80. The van der Waals surface area contributed by atoms with Crippen LogP contribution in [-0.4, -0.2) is 24.0 Å². The highest BCUT2D eigenvalue weighted by molar-refractivity contribution is 6.01. The van der Waals surface area contributed by atoms with Gasteiger partial charge in [0.05, 0.1) is 17.8 Å². The summed E-state index contributed by atoms with van der Waals surface area (Å²) in [6.07, 6.45) is 0. The highest BCUT2D eigenvalue weighted by atomic mass is 16.6. The molecule has 5 heteroatoms. The smallest absolute Gasteiger partial charge is 0.340 e. The van der Waals surface area contributed by atoms with Crippen molar-refractivity contribution >= 4 is 17.6 Å². The minimum Gasteiger partial charge on any atom is -0.456 e. The van der Waals surface area contributed by atoms with Crippen LogP contribution in [0.1, 0.15) is 31.1 Å². The number of amides is 1. The van der Waals surface area contributed by atoms with Gasteiger partial charge in [-0.3, -0.25) is 4.79 Å². The number of carbonyl (C=O) groups is 2. The van der Waals surface area contributed by atoms with E-state index < -0.39 is 11.6 Å². The maximum absolute atomic E-state index is 11.9. The third-order valence-corrected chi connectivity index (χ3v) is 2.01. The molecule has 1 amide bonds. The van der Waals surface area contributed by atoms with Gasteiger partial charge in [0.25, 0.3) is 0 Å². The molecule has 0 aliphatic rings. The summed E-state index contributed by atoms with van der Waals surface area (Å²) >= 11 is 0. The average molecular weight is 250 g/mol. The number of hydrogen-bond acceptors (Lipinski definition) is 4. The molecule has 3 N–H and O–H groups in total. The molecule has 1 aromatic carbocycles. The summed E-state index contributed by atoms with van der Waals surface area (Å²) in [5.74, 6) is -0.832. The third-order valence-electron chi connectivity index (χ3n) is 2.01. The van der Waals surface area contributed by atoms with Gasteiger partial charge in [-0.05, 0) is 32.9 Å². The van der Waals surface area contributed by atoms with Crippen LogP contribution in [0.25, 0.3) is 0 Å². The van der Waals surface area contributed by atoms with E-state index in [0.717, 1.165) is 0 Å². The molecule has 0 aliphatic carbocycles. The molecule has 5 nitrogen and oxygen atoms in total. The Labute approximate surface area is 106 Å². The molecule has 0 atom stereocenters. The topological polar surface area (TPSA) is 81.4 Å². The fraction of sp³-hybridized carbons (Fsp3) is 0.385. The zero-order valence-corrected chi connectivity index (χ0v) is 10.8. The Balaban J connectivity index is 2.94. The predicted octanol–water partition coefficient (Wildman–Crippen LogP) is 1.54. The Morgan fingerprint density at radius 1 is 1.28 bits per heavy atom. The number of nitrogens with two attached hydrogens (primary N) is 1. The largest absolute Gasteiger partial charge is 0.456 e. The Kier molecular flexibility index (Phi) is 4.44. The summed E-state index contributed by atoms with van der Waals surface area (Å²) < 4.78 is 5.26. The van der Waals surface area contributed by atoms with Gasteiger partial charge in [0.2, 0.25) is 5.91 Å². The van der Waals surface area contributed by atoms with Crippen molar-refractivity contribution in [2.24, 2.45) is 5.73 Å². The van der Waals surface area contributed by atoms with Gasteiger partial charge in [-0.1, -0.05) is 12.1 Å². The molecule has 0 bridgehead atoms. The SMILES string of the molecule is CC(C)(C)OC(=O)c1ccccc1NC(=O)CN. The zero-order chi connectivity index (χ0) is 13.8. The maximum atomic E-state index is 11.9. The maximum Gasteiger partial charge on any atom is 0.340 e. The number of carbonyl (C=O) groups excluding carboxylic acids is 2. The number of hydrogen-bond donors (Lipinski definition) is 2. The molecule has 0 saturated carbocycles. The second kappa shape index (κ2) is 5.64. The molecule has 18 heavy (non-hydrogen) atoms. The summed E-state index contributed by atoms with van der Waals surface area (Å²) in [5.41, 5.74) is 5.36. The van der Waals surface area contributed by atoms with Crippen molar-refractivity contribution < 1.29 is 14.3 Å². The molecule has 0 aromatic heterocycles. The first-order chi connectivity index (χ1) is 8.33. The minimum absolute atomic E-state index is 0.136. The number of para-hydroxylation sites is 1. The van der Waals surface area contributed by atoms with Gasteiger partial charge in [0, 0.05) is 0 Å². The lowest BCUT2D eigenvalue weighted by Gasteiger charge is -2.20. The van der Waals surface area contributed by atoms with Gasteiger partial charge in [-0.2, -0.15) is 0 Å². The van der Waals surface area contributed by atoms with Crippen molar-refractivity contribution in [3.63, 3.8) is 0 Å². The molecule has 0 unspecified atom stereocenters. The van der Waals surface area contributed by atoms with E-state index in [1.807, 2.05) is 0 Å². The van der Waals surface area contributed by atoms with E-state index >= 15 is 0 Å². The van der Waals surface area contributed by atoms with Crippen molar-refractivity contribution in [2.45, 2.75) is 26.4 Å². The first-order valence-electron chi connectivity index (χ1n) is 5.66. The molecule has 0 saturated heterocycles. The van der Waals surface area contributed by atoms with Crippen LogP contribution in [0.2, 0.25) is 0 Å². The van der Waals surface area contributed by atoms with Crippen LogP contribution in [0.5, 0.6) is 0 Å². The monoisotopic (exact) mass is 250 g/mol. The lowest BCUT2D eigenvalue weighted by Crippen LogP contribution is -2.26. The summed E-state index contributed by atoms with van der Waals surface area (Å²) in [5, 5.41) is 2.56. The van der Waals surface area contributed by atoms with Crippen LogP contribution >= 0.6 is 0 Å². The lowest BCUT2D eigenvalue weighted by molar-refractivity contribution is -0.114. The van der Waals surface area contributed by atoms with Gasteiger partial charge < -0.3 is 15.8 Å². The van der Waals surface area contributed by atoms with Crippen LogP contribution in [0.3, 0.4) is 0 Å². The molecular formula is C13H18N2O3. The van der Waals surface area contributed by atoms with E-state index in [2.05, 4.69) is 5.32 Å². The molecule has 1 rings (SSSR count). The summed E-state index contributed by atoms with van der Waals surface area (Å²) in [4.78, 5) is 23.2. The Morgan fingerprint density at radius 2 is 1.89 bits per heavy atom. The second-order valence-electron chi connectivity index (χ2n) is 4.80. The Hall–Kier alpha value is -1.88. The number of benzene rings is 1. The predicted molar refractivity (Wildman–Crippen MR) is 69.3 cm³/mol. The van der Waals surface area contributed by atoms with Gasteiger partial charge in [0.1, 0.15) is 5.60 Å². The van der Waals surface area contributed by atoms with Gasteiger partial charge in [0.15, 0.2) is 0 Å². The molecule has 0 radical (unpaired) electrons. The Bertz CT molecular complexity index is 450. The van der Waals surface area contributed by atoms with Crippen LogP contribution < -0.4 is 11.1 Å². The van der Waals surface area contributed by atoms with E-state index in [1.165, 1.54) is 0 Å². The van der Waals surface area contributed by atoms with Crippen LogP contribution in [0, 0.1) is 0 Å². The highest BCUT2D eigenvalue weighted by Gasteiger charge is 2.20. The number of nitrogens with one attached hydrogen (secondary N) is 1. The molecule has 98 valence electrons. The fourth-order valence-electron chi connectivity index (χ4n) is 1.30. The lowest BCUT2D eigenvalue weighted by atomic mass is 10.1. The van der Waals surface area contributed by atoms with E-state index in [-0.39, 0.29) is 12.5 Å². The number of anilines is 1. The van der Waals surface area contributed by atoms with Crippen molar-refractivity contribution in [2.75, 3.05) is 11.9 Å². The highest BCUT2D eigenvalue weighted by Crippen LogP contribution is 2.19. The molecule has 1 aromatic rings. The Morgan fingerprint density at radius 3 is 2.44 bits per heavy atom. The molecule has 0 aliphatic heterocycles. The molecule has 0 spiro atoms. The summed E-state index contributed by atoms with van der Waals surface area (Å²) in [6.45, 7) is 5.21. The summed E-state index contributed by atoms with van der Waals surface area (Å²) in [7, 11) is 0. The first kappa shape index (κ1) is 14.2. The fourth-order valence-corrected chi connectivity index (χ4v) is 1.30. The number of rotatable bonds is 3. The first-order valence-corrected chi connectivity index (χ1v) is 5.66. The quantitative estimate of drug-likeness (QED) is 0.797.